The molecular weight excluding hydrogens is 447 g/mol. The van der Waals surface area contributed by atoms with Gasteiger partial charge in [0.1, 0.15) is 17.2 Å². The Kier molecular flexibility index (Phi) is 6.04. The number of halogens is 4. The van der Waals surface area contributed by atoms with Crippen molar-refractivity contribution in [3.05, 3.63) is 58.1 Å². The van der Waals surface area contributed by atoms with E-state index in [4.69, 9.17) is 17.0 Å². The van der Waals surface area contributed by atoms with Gasteiger partial charge in [-0.2, -0.15) is 0 Å². The van der Waals surface area contributed by atoms with Crippen LogP contribution in [0.15, 0.2) is 24.3 Å². The summed E-state index contributed by atoms with van der Waals surface area (Å²) >= 11 is 5.68. The second kappa shape index (κ2) is 8.22. The topological polar surface area (TPSA) is 122 Å². The van der Waals surface area contributed by atoms with Gasteiger partial charge in [-0.05, 0) is 24.3 Å². The Morgan fingerprint density at radius 3 is 2.63 bits per heavy atom. The Hall–Kier alpha value is -2.67. The van der Waals surface area contributed by atoms with Crippen LogP contribution in [-0.4, -0.2) is 42.2 Å². The molecular formula is C17H15ClF3N5O3S. The van der Waals surface area contributed by atoms with Crippen molar-refractivity contribution in [2.45, 2.75) is 6.42 Å². The Morgan fingerprint density at radius 2 is 2.00 bits per heavy atom. The van der Waals surface area contributed by atoms with Crippen molar-refractivity contribution in [1.82, 2.24) is 14.7 Å². The van der Waals surface area contributed by atoms with Gasteiger partial charge in [0.2, 0.25) is 10.0 Å². The standard InChI is InChI=1S/C17H15ClF3N5O3S/c1-30(28,29)23-5-4-13-24-15-9(7-12(20)14(21)16(15)25-13)17(22)26(27)8-2-3-11(19)10(18)6-8/h2-3,6-7,22-23,27H,4-5H2,1H3,(H,24,25). The number of benzene rings is 2. The second-order valence-corrected chi connectivity index (χ2v) is 8.54. The highest BCUT2D eigenvalue weighted by Crippen LogP contribution is 2.27. The Morgan fingerprint density at radius 1 is 1.30 bits per heavy atom. The molecule has 4 N–H and O–H groups in total. The fourth-order valence-electron chi connectivity index (χ4n) is 2.67. The Bertz CT molecular complexity index is 1250. The maximum Gasteiger partial charge on any atom is 0.208 e. The fraction of sp³-hybridized carbons (Fsp3) is 0.176. The molecule has 13 heteroatoms. The average Bonchev–Trinajstić information content (AvgIpc) is 3.09. The van der Waals surface area contributed by atoms with Crippen molar-refractivity contribution >= 4 is 44.2 Å². The predicted octanol–water partition coefficient (Wildman–Crippen LogP) is 2.95. The summed E-state index contributed by atoms with van der Waals surface area (Å²) in [4.78, 5) is 6.63. The van der Waals surface area contributed by atoms with Crippen LogP contribution in [0.3, 0.4) is 0 Å². The number of aromatic nitrogens is 2. The van der Waals surface area contributed by atoms with E-state index in [9.17, 15) is 26.8 Å². The maximum absolute atomic E-state index is 14.2. The lowest BCUT2D eigenvalue weighted by molar-refractivity contribution is 0.312. The highest BCUT2D eigenvalue weighted by Gasteiger charge is 2.23. The monoisotopic (exact) mass is 461 g/mol. The van der Waals surface area contributed by atoms with Gasteiger partial charge in [0.15, 0.2) is 17.5 Å². The third kappa shape index (κ3) is 4.56. The van der Waals surface area contributed by atoms with Gasteiger partial charge >= 0.3 is 0 Å². The maximum atomic E-state index is 14.2. The number of aromatic amines is 1. The van der Waals surface area contributed by atoms with Gasteiger partial charge < -0.3 is 4.98 Å². The highest BCUT2D eigenvalue weighted by atomic mass is 35.5. The number of amidine groups is 1. The van der Waals surface area contributed by atoms with E-state index < -0.39 is 38.8 Å². The summed E-state index contributed by atoms with van der Waals surface area (Å²) in [6, 6.07) is 3.86. The minimum absolute atomic E-state index is 0.0337. The van der Waals surface area contributed by atoms with Gasteiger partial charge in [0, 0.05) is 18.5 Å². The summed E-state index contributed by atoms with van der Waals surface area (Å²) in [6.07, 6.45) is 1.00. The van der Waals surface area contributed by atoms with Crippen LogP contribution in [0.1, 0.15) is 11.4 Å². The van der Waals surface area contributed by atoms with E-state index in [1.54, 1.807) is 0 Å². The molecule has 0 fully saturated rings. The van der Waals surface area contributed by atoms with E-state index in [1.165, 1.54) is 0 Å². The lowest BCUT2D eigenvalue weighted by Crippen LogP contribution is -2.27. The van der Waals surface area contributed by atoms with Crippen LogP contribution in [0.25, 0.3) is 11.0 Å². The number of hydrogen-bond acceptors (Lipinski definition) is 5. The molecule has 0 saturated heterocycles. The van der Waals surface area contributed by atoms with E-state index in [-0.39, 0.29) is 40.6 Å². The highest BCUT2D eigenvalue weighted by molar-refractivity contribution is 7.88. The van der Waals surface area contributed by atoms with Crippen molar-refractivity contribution in [1.29, 1.82) is 5.41 Å². The minimum Gasteiger partial charge on any atom is -0.341 e. The number of H-pyrrole nitrogens is 1. The van der Waals surface area contributed by atoms with Crippen molar-refractivity contribution < 1.29 is 26.8 Å². The minimum atomic E-state index is -3.45. The molecule has 1 aromatic heterocycles. The van der Waals surface area contributed by atoms with Crippen LogP contribution in [0.4, 0.5) is 18.9 Å². The smallest absolute Gasteiger partial charge is 0.208 e. The number of nitrogens with zero attached hydrogens (tertiary/aromatic N) is 2. The van der Waals surface area contributed by atoms with Gasteiger partial charge in [-0.15, -0.1) is 0 Å². The molecule has 0 saturated carbocycles. The molecule has 2 aromatic carbocycles. The second-order valence-electron chi connectivity index (χ2n) is 6.30. The summed E-state index contributed by atoms with van der Waals surface area (Å²) in [5.41, 5.74) is -0.821. The number of fused-ring (bicyclic) bond motifs is 1. The molecule has 8 nitrogen and oxygen atoms in total. The molecule has 0 aliphatic heterocycles. The zero-order valence-electron chi connectivity index (χ0n) is 15.3. The lowest BCUT2D eigenvalue weighted by Gasteiger charge is -2.18. The first kappa shape index (κ1) is 22.0. The largest absolute Gasteiger partial charge is 0.341 e. The van der Waals surface area contributed by atoms with Crippen LogP contribution in [0, 0.1) is 22.9 Å². The van der Waals surface area contributed by atoms with Crippen molar-refractivity contribution in [3.63, 3.8) is 0 Å². The van der Waals surface area contributed by atoms with Crippen LogP contribution in [0.5, 0.6) is 0 Å². The molecule has 3 rings (SSSR count). The molecule has 0 radical (unpaired) electrons. The predicted molar refractivity (Wildman–Crippen MR) is 105 cm³/mol. The van der Waals surface area contributed by atoms with Gasteiger partial charge in [-0.25, -0.2) is 36.4 Å². The van der Waals surface area contributed by atoms with Crippen molar-refractivity contribution in [3.8, 4) is 0 Å². The third-order valence-electron chi connectivity index (χ3n) is 4.05. The summed E-state index contributed by atoms with van der Waals surface area (Å²) in [7, 11) is -3.45. The Labute approximate surface area is 173 Å². The van der Waals surface area contributed by atoms with E-state index in [0.29, 0.717) is 11.1 Å². The summed E-state index contributed by atoms with van der Waals surface area (Å²) in [5.74, 6) is -3.84. The molecule has 0 spiro atoms. The molecule has 0 bridgehead atoms. The first-order chi connectivity index (χ1) is 14.0. The summed E-state index contributed by atoms with van der Waals surface area (Å²) < 4.78 is 66.2. The third-order valence-corrected chi connectivity index (χ3v) is 5.07. The molecule has 0 atom stereocenters. The average molecular weight is 462 g/mol. The molecule has 0 amide bonds. The van der Waals surface area contributed by atoms with E-state index in [1.807, 2.05) is 0 Å². The molecule has 0 unspecified atom stereocenters. The molecule has 0 aliphatic rings. The van der Waals surface area contributed by atoms with Gasteiger partial charge in [-0.1, -0.05) is 11.6 Å². The SMILES string of the molecule is CS(=O)(=O)NCCc1nc2c(F)c(F)cc(C(=N)N(O)c3ccc(F)c(Cl)c3)c2[nH]1. The van der Waals surface area contributed by atoms with E-state index in [0.717, 1.165) is 24.5 Å². The van der Waals surface area contributed by atoms with Crippen molar-refractivity contribution in [2.24, 2.45) is 0 Å². The van der Waals surface area contributed by atoms with E-state index >= 15 is 0 Å². The van der Waals surface area contributed by atoms with Gasteiger partial charge in [0.25, 0.3) is 0 Å². The number of rotatable bonds is 6. The molecule has 30 heavy (non-hydrogen) atoms. The molecule has 1 heterocycles. The summed E-state index contributed by atoms with van der Waals surface area (Å²) in [5, 5.41) is 18.5. The van der Waals surface area contributed by atoms with Crippen LogP contribution in [-0.2, 0) is 16.4 Å². The molecule has 3 aromatic rings. The first-order valence-electron chi connectivity index (χ1n) is 8.32. The number of hydroxylamine groups is 1. The zero-order chi connectivity index (χ0) is 22.2. The number of sulfonamides is 1. The molecule has 0 aliphatic carbocycles. The van der Waals surface area contributed by atoms with Gasteiger partial charge in [-0.3, -0.25) is 10.6 Å². The number of nitrogens with one attached hydrogen (secondary N) is 3. The number of anilines is 1. The van der Waals surface area contributed by atoms with Crippen LogP contribution >= 0.6 is 11.6 Å². The first-order valence-corrected chi connectivity index (χ1v) is 10.6. The van der Waals surface area contributed by atoms with Crippen molar-refractivity contribution in [2.75, 3.05) is 17.9 Å². The van der Waals surface area contributed by atoms with Crippen LogP contribution < -0.4 is 9.79 Å². The molecule has 160 valence electrons. The van der Waals surface area contributed by atoms with Gasteiger partial charge in [0.05, 0.1) is 22.5 Å². The lowest BCUT2D eigenvalue weighted by atomic mass is 10.1. The normalized spacial score (nSPS) is 11.8. The Balaban J connectivity index is 1.98. The number of hydrogen-bond donors (Lipinski definition) is 4. The quantitative estimate of drug-likeness (QED) is 0.255. The fourth-order valence-corrected chi connectivity index (χ4v) is 3.32. The zero-order valence-corrected chi connectivity index (χ0v) is 16.9. The van der Waals surface area contributed by atoms with Crippen LogP contribution in [0.2, 0.25) is 5.02 Å². The number of imidazole rings is 1. The van der Waals surface area contributed by atoms with E-state index in [2.05, 4.69) is 14.7 Å². The summed E-state index contributed by atoms with van der Waals surface area (Å²) in [6.45, 7) is -0.0459.